The van der Waals surface area contributed by atoms with Gasteiger partial charge in [-0.2, -0.15) is 0 Å². The molecule has 0 amide bonds. The van der Waals surface area contributed by atoms with Crippen molar-refractivity contribution in [1.82, 2.24) is 0 Å². The number of carbonyl (C=O) groups excluding carboxylic acids is 1. The molecule has 0 saturated heterocycles. The highest BCUT2D eigenvalue weighted by atomic mass is 16.1. The first kappa shape index (κ1) is 12.0. The van der Waals surface area contributed by atoms with Gasteiger partial charge in [0.1, 0.15) is 0 Å². The third-order valence-corrected chi connectivity index (χ3v) is 4.81. The summed E-state index contributed by atoms with van der Waals surface area (Å²) in [5, 5.41) is 0. The smallest absolute Gasteiger partial charge is 0.166 e. The van der Waals surface area contributed by atoms with Crippen LogP contribution in [0.15, 0.2) is 24.3 Å². The van der Waals surface area contributed by atoms with E-state index in [0.29, 0.717) is 17.6 Å². The SMILES string of the molecule is O=C1c2ccccc2CCC1C1CCCCCC1. The number of ketones is 1. The minimum absolute atomic E-state index is 0.318. The molecule has 1 heteroatoms. The van der Waals surface area contributed by atoms with Gasteiger partial charge in [0.2, 0.25) is 0 Å². The standard InChI is InChI=1S/C17H22O/c18-17-15-10-6-5-9-14(15)11-12-16(17)13-7-3-1-2-4-8-13/h5-6,9-10,13,16H,1-4,7-8,11-12H2. The van der Waals surface area contributed by atoms with E-state index in [1.807, 2.05) is 12.1 Å². The molecule has 1 fully saturated rings. The first-order valence-corrected chi connectivity index (χ1v) is 7.48. The minimum atomic E-state index is 0.318. The van der Waals surface area contributed by atoms with Crippen molar-refractivity contribution in [1.29, 1.82) is 0 Å². The molecule has 0 spiro atoms. The Labute approximate surface area is 110 Å². The van der Waals surface area contributed by atoms with E-state index in [4.69, 9.17) is 0 Å². The van der Waals surface area contributed by atoms with Crippen LogP contribution in [0.1, 0.15) is 60.9 Å². The molecule has 0 N–H and O–H groups in total. The number of benzene rings is 1. The number of rotatable bonds is 1. The summed E-state index contributed by atoms with van der Waals surface area (Å²) in [6, 6.07) is 8.21. The molecule has 1 unspecified atom stereocenters. The summed E-state index contributed by atoms with van der Waals surface area (Å²) in [7, 11) is 0. The molecule has 0 heterocycles. The van der Waals surface area contributed by atoms with Crippen molar-refractivity contribution in [3.8, 4) is 0 Å². The Kier molecular flexibility index (Phi) is 3.49. The average molecular weight is 242 g/mol. The van der Waals surface area contributed by atoms with Crippen LogP contribution in [0.3, 0.4) is 0 Å². The van der Waals surface area contributed by atoms with Crippen LogP contribution < -0.4 is 0 Å². The molecule has 1 atom stereocenters. The van der Waals surface area contributed by atoms with Gasteiger partial charge in [0.25, 0.3) is 0 Å². The quantitative estimate of drug-likeness (QED) is 0.667. The van der Waals surface area contributed by atoms with Crippen LogP contribution in [0.4, 0.5) is 0 Å². The topological polar surface area (TPSA) is 17.1 Å². The summed E-state index contributed by atoms with van der Waals surface area (Å²) in [5.41, 5.74) is 2.28. The monoisotopic (exact) mass is 242 g/mol. The van der Waals surface area contributed by atoms with Crippen LogP contribution in [-0.4, -0.2) is 5.78 Å². The molecule has 1 nitrogen and oxygen atoms in total. The molecular weight excluding hydrogens is 220 g/mol. The second kappa shape index (κ2) is 5.26. The molecule has 96 valence electrons. The maximum absolute atomic E-state index is 12.6. The lowest BCUT2D eigenvalue weighted by atomic mass is 9.73. The van der Waals surface area contributed by atoms with Gasteiger partial charge < -0.3 is 0 Å². The lowest BCUT2D eigenvalue weighted by molar-refractivity contribution is 0.0837. The molecule has 1 saturated carbocycles. The Bertz CT molecular complexity index is 427. The van der Waals surface area contributed by atoms with Crippen molar-refractivity contribution in [3.63, 3.8) is 0 Å². The fourth-order valence-corrected chi connectivity index (χ4v) is 3.78. The van der Waals surface area contributed by atoms with Gasteiger partial charge in [-0.25, -0.2) is 0 Å². The Balaban J connectivity index is 1.81. The fraction of sp³-hybridized carbons (Fsp3) is 0.588. The molecule has 0 aliphatic heterocycles. The minimum Gasteiger partial charge on any atom is -0.294 e. The maximum Gasteiger partial charge on any atom is 0.166 e. The van der Waals surface area contributed by atoms with Crippen LogP contribution >= 0.6 is 0 Å². The Morgan fingerprint density at radius 2 is 1.61 bits per heavy atom. The summed E-state index contributed by atoms with van der Waals surface area (Å²) in [6.07, 6.45) is 10.1. The number of hydrogen-bond acceptors (Lipinski definition) is 1. The lowest BCUT2D eigenvalue weighted by Gasteiger charge is -2.29. The van der Waals surface area contributed by atoms with Crippen molar-refractivity contribution in [2.24, 2.45) is 11.8 Å². The van der Waals surface area contributed by atoms with E-state index in [9.17, 15) is 4.79 Å². The van der Waals surface area contributed by atoms with Gasteiger partial charge in [0.15, 0.2) is 5.78 Å². The predicted molar refractivity (Wildman–Crippen MR) is 73.8 cm³/mol. The van der Waals surface area contributed by atoms with Gasteiger partial charge in [0.05, 0.1) is 0 Å². The van der Waals surface area contributed by atoms with E-state index < -0.39 is 0 Å². The van der Waals surface area contributed by atoms with Gasteiger partial charge in [0, 0.05) is 11.5 Å². The Hall–Kier alpha value is -1.11. The lowest BCUT2D eigenvalue weighted by Crippen LogP contribution is -2.29. The van der Waals surface area contributed by atoms with Crippen LogP contribution in [-0.2, 0) is 6.42 Å². The van der Waals surface area contributed by atoms with Gasteiger partial charge in [-0.15, -0.1) is 0 Å². The molecule has 18 heavy (non-hydrogen) atoms. The average Bonchev–Trinajstić information content (AvgIpc) is 2.68. The van der Waals surface area contributed by atoms with Crippen LogP contribution in [0, 0.1) is 11.8 Å². The number of Topliss-reactive ketones (excluding diaryl/α,β-unsaturated/α-hetero) is 1. The third-order valence-electron chi connectivity index (χ3n) is 4.81. The number of fused-ring (bicyclic) bond motifs is 1. The predicted octanol–water partition coefficient (Wildman–Crippen LogP) is 4.40. The number of aryl methyl sites for hydroxylation is 1. The van der Waals surface area contributed by atoms with Crippen molar-refractivity contribution < 1.29 is 4.79 Å². The van der Waals surface area contributed by atoms with Crippen molar-refractivity contribution >= 4 is 5.78 Å². The first-order chi connectivity index (χ1) is 8.86. The molecule has 1 aromatic rings. The summed E-state index contributed by atoms with van der Waals surface area (Å²) in [4.78, 5) is 12.6. The second-order valence-corrected chi connectivity index (χ2v) is 5.92. The molecule has 2 aliphatic rings. The van der Waals surface area contributed by atoms with Crippen LogP contribution in [0.25, 0.3) is 0 Å². The number of hydrogen-bond donors (Lipinski definition) is 0. The van der Waals surface area contributed by atoms with Crippen LogP contribution in [0.2, 0.25) is 0 Å². The van der Waals surface area contributed by atoms with E-state index in [-0.39, 0.29) is 0 Å². The second-order valence-electron chi connectivity index (χ2n) is 5.92. The maximum atomic E-state index is 12.6. The normalized spacial score (nSPS) is 25.6. The summed E-state index contributed by atoms with van der Waals surface area (Å²) >= 11 is 0. The van der Waals surface area contributed by atoms with E-state index in [2.05, 4.69) is 12.1 Å². The Morgan fingerprint density at radius 1 is 0.889 bits per heavy atom. The zero-order valence-corrected chi connectivity index (χ0v) is 11.0. The van der Waals surface area contributed by atoms with Gasteiger partial charge in [-0.1, -0.05) is 49.9 Å². The van der Waals surface area contributed by atoms with E-state index in [1.165, 1.54) is 44.1 Å². The highest BCUT2D eigenvalue weighted by Gasteiger charge is 2.33. The zero-order chi connectivity index (χ0) is 12.4. The van der Waals surface area contributed by atoms with Crippen LogP contribution in [0.5, 0.6) is 0 Å². The summed E-state index contributed by atoms with van der Waals surface area (Å²) in [5.74, 6) is 1.41. The van der Waals surface area contributed by atoms with Gasteiger partial charge in [-0.05, 0) is 37.2 Å². The first-order valence-electron chi connectivity index (χ1n) is 7.48. The van der Waals surface area contributed by atoms with E-state index in [1.54, 1.807) is 0 Å². The molecule has 0 bridgehead atoms. The molecule has 0 aromatic heterocycles. The Morgan fingerprint density at radius 3 is 2.39 bits per heavy atom. The number of carbonyl (C=O) groups is 1. The fourth-order valence-electron chi connectivity index (χ4n) is 3.78. The molecule has 2 aliphatic carbocycles. The molecule has 0 radical (unpaired) electrons. The highest BCUT2D eigenvalue weighted by molar-refractivity contribution is 6.00. The third kappa shape index (κ3) is 2.23. The highest BCUT2D eigenvalue weighted by Crippen LogP contribution is 2.36. The molecular formula is C17H22O. The largest absolute Gasteiger partial charge is 0.294 e. The molecule has 3 rings (SSSR count). The van der Waals surface area contributed by atoms with Gasteiger partial charge in [-0.3, -0.25) is 4.79 Å². The van der Waals surface area contributed by atoms with Gasteiger partial charge >= 0.3 is 0 Å². The summed E-state index contributed by atoms with van der Waals surface area (Å²) in [6.45, 7) is 0. The van der Waals surface area contributed by atoms with E-state index >= 15 is 0 Å². The van der Waals surface area contributed by atoms with E-state index in [0.717, 1.165) is 18.4 Å². The van der Waals surface area contributed by atoms with Crippen molar-refractivity contribution in [2.45, 2.75) is 51.4 Å². The van der Waals surface area contributed by atoms with Crippen molar-refractivity contribution in [2.75, 3.05) is 0 Å². The zero-order valence-electron chi connectivity index (χ0n) is 11.0. The molecule has 1 aromatic carbocycles. The summed E-state index contributed by atoms with van der Waals surface area (Å²) < 4.78 is 0. The van der Waals surface area contributed by atoms with Crippen molar-refractivity contribution in [3.05, 3.63) is 35.4 Å².